The summed E-state index contributed by atoms with van der Waals surface area (Å²) in [6.07, 6.45) is 0. The highest BCUT2D eigenvalue weighted by Crippen LogP contribution is 2.19. The van der Waals surface area contributed by atoms with Crippen molar-refractivity contribution in [1.29, 1.82) is 5.26 Å². The Kier molecular flexibility index (Phi) is 4.21. The zero-order valence-corrected chi connectivity index (χ0v) is 11.0. The van der Waals surface area contributed by atoms with Crippen LogP contribution in [0, 0.1) is 18.3 Å². The Morgan fingerprint density at radius 3 is 2.61 bits per heavy atom. The number of nitriles is 1. The Labute approximate surface area is 111 Å². The molecule has 92 valence electrons. The molecule has 0 radical (unpaired) electrons. The van der Waals surface area contributed by atoms with Crippen molar-refractivity contribution in [2.75, 3.05) is 11.9 Å². The smallest absolute Gasteiger partial charge is 0.174 e. The second kappa shape index (κ2) is 6.08. The Bertz CT molecular complexity index is 540. The summed E-state index contributed by atoms with van der Waals surface area (Å²) in [7, 11) is 0. The molecular formula is C14H14N2OS. The number of rotatable bonds is 5. The molecule has 0 saturated carbocycles. The lowest BCUT2D eigenvalue weighted by molar-refractivity contribution is 0.368. The van der Waals surface area contributed by atoms with E-state index in [1.165, 1.54) is 9.75 Å². The van der Waals surface area contributed by atoms with Crippen LogP contribution in [-0.2, 0) is 6.54 Å². The molecule has 1 aromatic carbocycles. The highest BCUT2D eigenvalue weighted by molar-refractivity contribution is 7.11. The first-order valence-corrected chi connectivity index (χ1v) is 6.48. The third-order valence-electron chi connectivity index (χ3n) is 2.42. The van der Waals surface area contributed by atoms with E-state index in [1.54, 1.807) is 11.3 Å². The first-order chi connectivity index (χ1) is 8.78. The molecule has 0 bridgehead atoms. The summed E-state index contributed by atoms with van der Waals surface area (Å²) in [5.41, 5.74) is 1.05. The summed E-state index contributed by atoms with van der Waals surface area (Å²) in [6, 6.07) is 13.8. The number of hydrogen-bond donors (Lipinski definition) is 1. The highest BCUT2D eigenvalue weighted by atomic mass is 32.1. The van der Waals surface area contributed by atoms with E-state index in [-0.39, 0.29) is 6.61 Å². The molecule has 0 amide bonds. The van der Waals surface area contributed by atoms with Gasteiger partial charge in [0.05, 0.1) is 0 Å². The van der Waals surface area contributed by atoms with E-state index >= 15 is 0 Å². The fourth-order valence-corrected chi connectivity index (χ4v) is 2.38. The third kappa shape index (κ3) is 3.51. The molecule has 18 heavy (non-hydrogen) atoms. The van der Waals surface area contributed by atoms with E-state index in [1.807, 2.05) is 30.3 Å². The van der Waals surface area contributed by atoms with E-state index in [9.17, 15) is 0 Å². The van der Waals surface area contributed by atoms with E-state index < -0.39 is 0 Å². The molecule has 4 heteroatoms. The fraction of sp³-hybridized carbons (Fsp3) is 0.214. The maximum Gasteiger partial charge on any atom is 0.174 e. The van der Waals surface area contributed by atoms with Gasteiger partial charge in [0.25, 0.3) is 0 Å². The Hall–Kier alpha value is -1.99. The lowest BCUT2D eigenvalue weighted by Crippen LogP contribution is -1.98. The van der Waals surface area contributed by atoms with Gasteiger partial charge < -0.3 is 10.1 Å². The minimum absolute atomic E-state index is 0.0846. The van der Waals surface area contributed by atoms with Crippen molar-refractivity contribution >= 4 is 17.0 Å². The number of nitrogens with one attached hydrogen (secondary N) is 1. The molecule has 1 aromatic heterocycles. The maximum atomic E-state index is 8.41. The second-order valence-electron chi connectivity index (χ2n) is 3.84. The van der Waals surface area contributed by atoms with Gasteiger partial charge in [0.15, 0.2) is 6.61 Å². The van der Waals surface area contributed by atoms with Crippen molar-refractivity contribution in [3.63, 3.8) is 0 Å². The maximum absolute atomic E-state index is 8.41. The lowest BCUT2D eigenvalue weighted by atomic mass is 10.3. The fourth-order valence-electron chi connectivity index (χ4n) is 1.55. The predicted octanol–water partition coefficient (Wildman–Crippen LogP) is 3.57. The first kappa shape index (κ1) is 12.5. The minimum Gasteiger partial charge on any atom is -0.479 e. The van der Waals surface area contributed by atoms with Crippen molar-refractivity contribution in [3.8, 4) is 11.8 Å². The van der Waals surface area contributed by atoms with Crippen LogP contribution in [0.4, 0.5) is 5.69 Å². The van der Waals surface area contributed by atoms with Crippen LogP contribution in [0.1, 0.15) is 9.75 Å². The largest absolute Gasteiger partial charge is 0.479 e. The van der Waals surface area contributed by atoms with Gasteiger partial charge in [0, 0.05) is 22.0 Å². The molecule has 0 aliphatic carbocycles. The van der Waals surface area contributed by atoms with E-state index in [0.717, 1.165) is 12.2 Å². The molecule has 0 unspecified atom stereocenters. The van der Waals surface area contributed by atoms with Crippen LogP contribution in [0.2, 0.25) is 0 Å². The number of nitrogens with zero attached hydrogens (tertiary/aromatic N) is 1. The van der Waals surface area contributed by atoms with Crippen LogP contribution in [0.5, 0.6) is 5.75 Å². The molecule has 2 rings (SSSR count). The monoisotopic (exact) mass is 258 g/mol. The standard InChI is InChI=1S/C14H14N2OS/c1-11-2-7-14(18-11)10-16-12-3-5-13(6-4-12)17-9-8-15/h2-7,16H,9-10H2,1H3. The average Bonchev–Trinajstić information content (AvgIpc) is 2.81. The van der Waals surface area contributed by atoms with Gasteiger partial charge in [-0.2, -0.15) is 5.26 Å². The summed E-state index contributed by atoms with van der Waals surface area (Å²) in [6.45, 7) is 3.02. The molecule has 1 heterocycles. The van der Waals surface area contributed by atoms with Gasteiger partial charge in [-0.3, -0.25) is 0 Å². The first-order valence-electron chi connectivity index (χ1n) is 5.67. The highest BCUT2D eigenvalue weighted by Gasteiger charge is 1.98. The zero-order chi connectivity index (χ0) is 12.8. The molecular weight excluding hydrogens is 244 g/mol. The van der Waals surface area contributed by atoms with Crippen molar-refractivity contribution in [2.24, 2.45) is 0 Å². The van der Waals surface area contributed by atoms with Crippen LogP contribution in [0.25, 0.3) is 0 Å². The number of hydrogen-bond acceptors (Lipinski definition) is 4. The van der Waals surface area contributed by atoms with E-state index in [4.69, 9.17) is 10.00 Å². The van der Waals surface area contributed by atoms with Crippen molar-refractivity contribution in [2.45, 2.75) is 13.5 Å². The number of ether oxygens (including phenoxy) is 1. The van der Waals surface area contributed by atoms with Gasteiger partial charge in [-0.25, -0.2) is 0 Å². The molecule has 1 N–H and O–H groups in total. The molecule has 0 aliphatic heterocycles. The molecule has 0 spiro atoms. The summed E-state index contributed by atoms with van der Waals surface area (Å²) in [5.74, 6) is 0.717. The average molecular weight is 258 g/mol. The number of thiophene rings is 1. The number of aryl methyl sites for hydroxylation is 1. The zero-order valence-electron chi connectivity index (χ0n) is 10.1. The van der Waals surface area contributed by atoms with Crippen LogP contribution < -0.4 is 10.1 Å². The second-order valence-corrected chi connectivity index (χ2v) is 5.21. The summed E-state index contributed by atoms with van der Waals surface area (Å²) in [4.78, 5) is 2.64. The van der Waals surface area contributed by atoms with Gasteiger partial charge >= 0.3 is 0 Å². The number of anilines is 1. The van der Waals surface area contributed by atoms with Crippen molar-refractivity contribution < 1.29 is 4.74 Å². The van der Waals surface area contributed by atoms with Crippen LogP contribution in [0.15, 0.2) is 36.4 Å². The van der Waals surface area contributed by atoms with E-state index in [0.29, 0.717) is 5.75 Å². The third-order valence-corrected chi connectivity index (χ3v) is 3.42. The SMILES string of the molecule is Cc1ccc(CNc2ccc(OCC#N)cc2)s1. The normalized spacial score (nSPS) is 9.78. The quantitative estimate of drug-likeness (QED) is 0.891. The van der Waals surface area contributed by atoms with Gasteiger partial charge in [-0.15, -0.1) is 11.3 Å². The molecule has 2 aromatic rings. The van der Waals surface area contributed by atoms with Crippen molar-refractivity contribution in [1.82, 2.24) is 0 Å². The minimum atomic E-state index is 0.0846. The van der Waals surface area contributed by atoms with Crippen LogP contribution in [0.3, 0.4) is 0 Å². The Morgan fingerprint density at radius 2 is 2.00 bits per heavy atom. The molecule has 3 nitrogen and oxygen atoms in total. The molecule has 0 atom stereocenters. The van der Waals surface area contributed by atoms with Crippen molar-refractivity contribution in [3.05, 3.63) is 46.2 Å². The lowest BCUT2D eigenvalue weighted by Gasteiger charge is -2.06. The summed E-state index contributed by atoms with van der Waals surface area (Å²) in [5, 5.41) is 11.8. The molecule has 0 saturated heterocycles. The van der Waals surface area contributed by atoms with Crippen LogP contribution >= 0.6 is 11.3 Å². The van der Waals surface area contributed by atoms with Gasteiger partial charge in [0.2, 0.25) is 0 Å². The van der Waals surface area contributed by atoms with Crippen LogP contribution in [-0.4, -0.2) is 6.61 Å². The van der Waals surface area contributed by atoms with Gasteiger partial charge in [0.1, 0.15) is 11.8 Å². The Balaban J connectivity index is 1.88. The predicted molar refractivity (Wildman–Crippen MR) is 73.9 cm³/mol. The topological polar surface area (TPSA) is 45.0 Å². The van der Waals surface area contributed by atoms with Gasteiger partial charge in [-0.05, 0) is 43.3 Å². The molecule has 0 aliphatic rings. The summed E-state index contributed by atoms with van der Waals surface area (Å²) < 4.78 is 5.19. The van der Waals surface area contributed by atoms with E-state index in [2.05, 4.69) is 24.4 Å². The molecule has 0 fully saturated rings. The number of benzene rings is 1. The summed E-state index contributed by atoms with van der Waals surface area (Å²) >= 11 is 1.80. The van der Waals surface area contributed by atoms with Gasteiger partial charge in [-0.1, -0.05) is 0 Å². The Morgan fingerprint density at radius 1 is 1.22 bits per heavy atom.